The summed E-state index contributed by atoms with van der Waals surface area (Å²) in [6.45, 7) is 7.91. The van der Waals surface area contributed by atoms with Crippen molar-refractivity contribution in [3.8, 4) is 11.5 Å². The third-order valence-electron chi connectivity index (χ3n) is 3.37. The maximum atomic E-state index is 12.2. The van der Waals surface area contributed by atoms with Gasteiger partial charge in [-0.05, 0) is 39.3 Å². The number of aromatic amines is 1. The normalized spacial score (nSPS) is 12.9. The number of aromatic nitrogens is 4. The third kappa shape index (κ3) is 4.30. The molecule has 0 bridgehead atoms. The summed E-state index contributed by atoms with van der Waals surface area (Å²) in [4.78, 5) is 20.8. The van der Waals surface area contributed by atoms with Crippen molar-refractivity contribution in [2.24, 2.45) is 0 Å². The largest absolute Gasteiger partial charge is 0.350 e. The number of nitrogens with one attached hydrogen (secondary N) is 2. The van der Waals surface area contributed by atoms with Gasteiger partial charge in [-0.25, -0.2) is 0 Å². The Morgan fingerprint density at radius 1 is 1.45 bits per heavy atom. The summed E-state index contributed by atoms with van der Waals surface area (Å²) in [7, 11) is 0. The molecule has 0 aliphatic heterocycles. The van der Waals surface area contributed by atoms with Gasteiger partial charge in [0.15, 0.2) is 5.82 Å². The number of hydrogen-bond donors (Lipinski definition) is 2. The summed E-state index contributed by atoms with van der Waals surface area (Å²) in [6, 6.07) is 5.59. The van der Waals surface area contributed by atoms with Gasteiger partial charge in [0.1, 0.15) is 5.69 Å². The van der Waals surface area contributed by atoms with Crippen molar-refractivity contribution in [2.45, 2.75) is 50.1 Å². The van der Waals surface area contributed by atoms with Gasteiger partial charge in [-0.1, -0.05) is 24.8 Å². The highest BCUT2D eigenvalue weighted by Gasteiger charge is 2.23. The lowest BCUT2D eigenvalue weighted by atomic mass is 10.0. The molecule has 0 aliphatic rings. The molecule has 0 saturated heterocycles. The summed E-state index contributed by atoms with van der Waals surface area (Å²) in [6.07, 6.45) is 2.58. The highest BCUT2D eigenvalue weighted by Crippen LogP contribution is 2.22. The minimum Gasteiger partial charge on any atom is -0.350 e. The van der Waals surface area contributed by atoms with Gasteiger partial charge in [0, 0.05) is 11.7 Å². The fourth-order valence-electron chi connectivity index (χ4n) is 1.65. The van der Waals surface area contributed by atoms with E-state index in [0.29, 0.717) is 11.0 Å². The predicted molar refractivity (Wildman–Crippen MR) is 87.4 cm³/mol. The SMILES string of the molecule is CCC(C)(C)NC(=O)C(C)Sc1n[nH]c(-c2ccccn2)n1. The van der Waals surface area contributed by atoms with Crippen molar-refractivity contribution >= 4 is 17.7 Å². The number of pyridine rings is 1. The number of nitrogens with zero attached hydrogens (tertiary/aromatic N) is 3. The van der Waals surface area contributed by atoms with Gasteiger partial charge in [-0.15, -0.1) is 5.10 Å². The highest BCUT2D eigenvalue weighted by molar-refractivity contribution is 8.00. The molecule has 2 aromatic rings. The first-order chi connectivity index (χ1) is 10.4. The molecule has 0 saturated carbocycles. The van der Waals surface area contributed by atoms with Crippen LogP contribution in [0.25, 0.3) is 11.5 Å². The lowest BCUT2D eigenvalue weighted by Crippen LogP contribution is -2.46. The van der Waals surface area contributed by atoms with Crippen LogP contribution in [0.4, 0.5) is 0 Å². The van der Waals surface area contributed by atoms with Gasteiger partial charge in [0.2, 0.25) is 11.1 Å². The van der Waals surface area contributed by atoms with E-state index in [0.717, 1.165) is 12.1 Å². The summed E-state index contributed by atoms with van der Waals surface area (Å²) < 4.78 is 0. The Labute approximate surface area is 134 Å². The van der Waals surface area contributed by atoms with Crippen LogP contribution >= 0.6 is 11.8 Å². The Balaban J connectivity index is 1.99. The monoisotopic (exact) mass is 319 g/mol. The number of carbonyl (C=O) groups excluding carboxylic acids is 1. The zero-order chi connectivity index (χ0) is 16.2. The van der Waals surface area contributed by atoms with E-state index in [1.807, 2.05) is 45.9 Å². The van der Waals surface area contributed by atoms with Gasteiger partial charge in [-0.3, -0.25) is 14.9 Å². The van der Waals surface area contributed by atoms with Crippen molar-refractivity contribution in [2.75, 3.05) is 0 Å². The van der Waals surface area contributed by atoms with Crippen LogP contribution in [0.5, 0.6) is 0 Å². The molecule has 2 rings (SSSR count). The lowest BCUT2D eigenvalue weighted by Gasteiger charge is -2.26. The Kier molecular flexibility index (Phi) is 5.18. The van der Waals surface area contributed by atoms with Crippen molar-refractivity contribution < 1.29 is 4.79 Å². The second-order valence-electron chi connectivity index (χ2n) is 5.67. The van der Waals surface area contributed by atoms with Crippen molar-refractivity contribution in [1.29, 1.82) is 0 Å². The van der Waals surface area contributed by atoms with E-state index in [1.165, 1.54) is 11.8 Å². The minimum atomic E-state index is -0.266. The van der Waals surface area contributed by atoms with Crippen LogP contribution in [0, 0.1) is 0 Å². The Bertz CT molecular complexity index is 626. The van der Waals surface area contributed by atoms with E-state index in [9.17, 15) is 4.79 Å². The van der Waals surface area contributed by atoms with Gasteiger partial charge < -0.3 is 5.32 Å². The van der Waals surface area contributed by atoms with Crippen molar-refractivity contribution in [3.63, 3.8) is 0 Å². The zero-order valence-corrected chi connectivity index (χ0v) is 14.1. The predicted octanol–water partition coefficient (Wildman–Crippen LogP) is 2.65. The lowest BCUT2D eigenvalue weighted by molar-refractivity contribution is -0.121. The standard InChI is InChI=1S/C15H21N5OS/c1-5-15(3,4)18-13(21)10(2)22-14-17-12(19-20-14)11-8-6-7-9-16-11/h6-10H,5H2,1-4H3,(H,18,21)(H,17,19,20). The minimum absolute atomic E-state index is 0.0129. The topological polar surface area (TPSA) is 83.6 Å². The first-order valence-electron chi connectivity index (χ1n) is 7.24. The van der Waals surface area contributed by atoms with Crippen LogP contribution in [0.15, 0.2) is 29.6 Å². The first kappa shape index (κ1) is 16.5. The fourth-order valence-corrected chi connectivity index (χ4v) is 2.38. The zero-order valence-electron chi connectivity index (χ0n) is 13.3. The molecule has 2 aromatic heterocycles. The second-order valence-corrected chi connectivity index (χ2v) is 6.98. The third-order valence-corrected chi connectivity index (χ3v) is 4.33. The Morgan fingerprint density at radius 2 is 2.23 bits per heavy atom. The number of hydrogen-bond acceptors (Lipinski definition) is 5. The van der Waals surface area contributed by atoms with E-state index >= 15 is 0 Å². The number of rotatable bonds is 6. The van der Waals surface area contributed by atoms with Crippen LogP contribution in [0.1, 0.15) is 34.1 Å². The molecule has 1 amide bonds. The van der Waals surface area contributed by atoms with Crippen LogP contribution < -0.4 is 5.32 Å². The quantitative estimate of drug-likeness (QED) is 0.800. The molecule has 2 heterocycles. The molecule has 22 heavy (non-hydrogen) atoms. The molecule has 1 unspecified atom stereocenters. The maximum absolute atomic E-state index is 12.2. The summed E-state index contributed by atoms with van der Waals surface area (Å²) in [5.74, 6) is 0.589. The van der Waals surface area contributed by atoms with E-state index in [1.54, 1.807) is 6.20 Å². The smallest absolute Gasteiger partial charge is 0.233 e. The molecule has 0 aromatic carbocycles. The number of thioether (sulfide) groups is 1. The molecule has 2 N–H and O–H groups in total. The molecular formula is C15H21N5OS. The molecule has 0 radical (unpaired) electrons. The molecule has 0 aliphatic carbocycles. The van der Waals surface area contributed by atoms with E-state index < -0.39 is 0 Å². The maximum Gasteiger partial charge on any atom is 0.233 e. The van der Waals surface area contributed by atoms with Gasteiger partial charge in [0.25, 0.3) is 0 Å². The molecule has 0 spiro atoms. The van der Waals surface area contributed by atoms with Crippen LogP contribution in [0.3, 0.4) is 0 Å². The van der Waals surface area contributed by atoms with E-state index in [2.05, 4.69) is 25.5 Å². The van der Waals surface area contributed by atoms with Crippen molar-refractivity contribution in [3.05, 3.63) is 24.4 Å². The molecule has 0 fully saturated rings. The summed E-state index contributed by atoms with van der Waals surface area (Å²) in [5.41, 5.74) is 0.524. The second kappa shape index (κ2) is 6.91. The molecule has 6 nitrogen and oxygen atoms in total. The summed E-state index contributed by atoms with van der Waals surface area (Å²) in [5, 5.41) is 10.3. The Hall–Kier alpha value is -1.89. The fraction of sp³-hybridized carbons (Fsp3) is 0.467. The van der Waals surface area contributed by atoms with E-state index in [-0.39, 0.29) is 16.7 Å². The Morgan fingerprint density at radius 3 is 2.86 bits per heavy atom. The van der Waals surface area contributed by atoms with Gasteiger partial charge >= 0.3 is 0 Å². The average Bonchev–Trinajstić information content (AvgIpc) is 2.96. The van der Waals surface area contributed by atoms with Crippen LogP contribution in [-0.2, 0) is 4.79 Å². The van der Waals surface area contributed by atoms with Gasteiger partial charge in [0.05, 0.1) is 5.25 Å². The van der Waals surface area contributed by atoms with Gasteiger partial charge in [-0.2, -0.15) is 4.98 Å². The number of amides is 1. The summed E-state index contributed by atoms with van der Waals surface area (Å²) >= 11 is 1.33. The van der Waals surface area contributed by atoms with E-state index in [4.69, 9.17) is 0 Å². The van der Waals surface area contributed by atoms with Crippen LogP contribution in [0.2, 0.25) is 0 Å². The molecule has 7 heteroatoms. The number of H-pyrrole nitrogens is 1. The van der Waals surface area contributed by atoms with Crippen molar-refractivity contribution in [1.82, 2.24) is 25.5 Å². The van der Waals surface area contributed by atoms with Crippen LogP contribution in [-0.4, -0.2) is 36.9 Å². The average molecular weight is 319 g/mol. The highest BCUT2D eigenvalue weighted by atomic mass is 32.2. The first-order valence-corrected chi connectivity index (χ1v) is 8.12. The molecular weight excluding hydrogens is 298 g/mol. The molecule has 118 valence electrons. The molecule has 1 atom stereocenters. The number of carbonyl (C=O) groups is 1.